The molecule has 0 aromatic heterocycles. The first-order valence-corrected chi connectivity index (χ1v) is 6.33. The first kappa shape index (κ1) is 14.2. The summed E-state index contributed by atoms with van der Waals surface area (Å²) in [5.74, 6) is 0.297. The quantitative estimate of drug-likeness (QED) is 0.810. The van der Waals surface area contributed by atoms with E-state index in [1.54, 1.807) is 6.42 Å². The fourth-order valence-electron chi connectivity index (χ4n) is 1.71. The molecule has 1 fully saturated rings. The van der Waals surface area contributed by atoms with E-state index in [-0.39, 0.29) is 24.3 Å². The zero-order valence-electron chi connectivity index (χ0n) is 10.7. The molecule has 1 radical (unpaired) electrons. The fourth-order valence-corrected chi connectivity index (χ4v) is 1.71. The van der Waals surface area contributed by atoms with Gasteiger partial charge in [0.15, 0.2) is 5.78 Å². The molecule has 1 aliphatic heterocycles. The molecular formula is C13H22NO3. The summed E-state index contributed by atoms with van der Waals surface area (Å²) in [6.45, 7) is 4.87. The second-order valence-corrected chi connectivity index (χ2v) is 4.91. The average molecular weight is 240 g/mol. The SMILES string of the molecule is CC(C)C[CH]C(=O)N[C@H]1CCCCOCC1=O. The smallest absolute Gasteiger partial charge is 0.224 e. The summed E-state index contributed by atoms with van der Waals surface area (Å²) in [4.78, 5) is 23.3. The van der Waals surface area contributed by atoms with Gasteiger partial charge in [0.05, 0.1) is 6.04 Å². The number of ether oxygens (including phenoxy) is 1. The van der Waals surface area contributed by atoms with Crippen molar-refractivity contribution >= 4 is 11.7 Å². The highest BCUT2D eigenvalue weighted by Gasteiger charge is 2.21. The van der Waals surface area contributed by atoms with Crippen molar-refractivity contribution in [2.75, 3.05) is 13.2 Å². The summed E-state index contributed by atoms with van der Waals surface area (Å²) in [6.07, 6.45) is 4.96. The van der Waals surface area contributed by atoms with Gasteiger partial charge in [-0.15, -0.1) is 0 Å². The molecule has 1 heterocycles. The molecular weight excluding hydrogens is 218 g/mol. The molecule has 1 atom stereocenters. The maximum atomic E-state index is 11.7. The molecule has 0 aromatic carbocycles. The molecule has 0 bridgehead atoms. The fraction of sp³-hybridized carbons (Fsp3) is 0.769. The molecule has 0 spiro atoms. The number of hydrogen-bond acceptors (Lipinski definition) is 3. The Labute approximate surface area is 103 Å². The predicted molar refractivity (Wildman–Crippen MR) is 65.4 cm³/mol. The molecule has 1 amide bonds. The molecule has 17 heavy (non-hydrogen) atoms. The summed E-state index contributed by atoms with van der Waals surface area (Å²) < 4.78 is 5.19. The van der Waals surface area contributed by atoms with E-state index < -0.39 is 0 Å². The highest BCUT2D eigenvalue weighted by molar-refractivity contribution is 5.92. The first-order valence-electron chi connectivity index (χ1n) is 6.33. The van der Waals surface area contributed by atoms with Gasteiger partial charge in [-0.05, 0) is 31.6 Å². The van der Waals surface area contributed by atoms with Gasteiger partial charge in [-0.3, -0.25) is 9.59 Å². The Balaban J connectivity index is 2.35. The van der Waals surface area contributed by atoms with Gasteiger partial charge in [-0.1, -0.05) is 13.8 Å². The zero-order chi connectivity index (χ0) is 12.7. The Hall–Kier alpha value is -0.900. The summed E-state index contributed by atoms with van der Waals surface area (Å²) in [7, 11) is 0. The number of rotatable bonds is 4. The lowest BCUT2D eigenvalue weighted by molar-refractivity contribution is -0.130. The van der Waals surface area contributed by atoms with E-state index in [0.29, 0.717) is 12.5 Å². The molecule has 1 N–H and O–H groups in total. The summed E-state index contributed by atoms with van der Waals surface area (Å²) in [6, 6.07) is -0.369. The number of ketones is 1. The van der Waals surface area contributed by atoms with Gasteiger partial charge < -0.3 is 10.1 Å². The monoisotopic (exact) mass is 240 g/mol. The van der Waals surface area contributed by atoms with Crippen LogP contribution in [0.4, 0.5) is 0 Å². The molecule has 1 saturated heterocycles. The van der Waals surface area contributed by atoms with Crippen molar-refractivity contribution in [3.8, 4) is 0 Å². The molecule has 0 saturated carbocycles. The average Bonchev–Trinajstić information content (AvgIpc) is 2.26. The third kappa shape index (κ3) is 5.82. The van der Waals surface area contributed by atoms with Crippen molar-refractivity contribution in [2.45, 2.75) is 45.6 Å². The van der Waals surface area contributed by atoms with E-state index in [1.165, 1.54) is 0 Å². The Morgan fingerprint density at radius 3 is 3.00 bits per heavy atom. The minimum Gasteiger partial charge on any atom is -0.374 e. The van der Waals surface area contributed by atoms with Crippen molar-refractivity contribution in [3.05, 3.63) is 6.42 Å². The van der Waals surface area contributed by atoms with Crippen LogP contribution in [0, 0.1) is 12.3 Å². The van der Waals surface area contributed by atoms with E-state index >= 15 is 0 Å². The topological polar surface area (TPSA) is 55.4 Å². The Morgan fingerprint density at radius 2 is 2.29 bits per heavy atom. The van der Waals surface area contributed by atoms with Crippen LogP contribution in [0.3, 0.4) is 0 Å². The second-order valence-electron chi connectivity index (χ2n) is 4.91. The minimum atomic E-state index is -0.369. The highest BCUT2D eigenvalue weighted by atomic mass is 16.5. The van der Waals surface area contributed by atoms with E-state index in [4.69, 9.17) is 4.74 Å². The van der Waals surface area contributed by atoms with Crippen LogP contribution in [0.1, 0.15) is 39.5 Å². The molecule has 0 unspecified atom stereocenters. The molecule has 0 aromatic rings. The van der Waals surface area contributed by atoms with Gasteiger partial charge in [-0.2, -0.15) is 0 Å². The van der Waals surface area contributed by atoms with Crippen LogP contribution in [-0.4, -0.2) is 30.9 Å². The van der Waals surface area contributed by atoms with Crippen molar-refractivity contribution in [3.63, 3.8) is 0 Å². The van der Waals surface area contributed by atoms with Gasteiger partial charge in [0.25, 0.3) is 0 Å². The largest absolute Gasteiger partial charge is 0.374 e. The number of carbonyl (C=O) groups is 2. The Morgan fingerprint density at radius 1 is 1.53 bits per heavy atom. The minimum absolute atomic E-state index is 0.0176. The summed E-state index contributed by atoms with van der Waals surface area (Å²) in [5.41, 5.74) is 0. The van der Waals surface area contributed by atoms with Crippen molar-refractivity contribution in [2.24, 2.45) is 5.92 Å². The Bertz CT molecular complexity index is 263. The molecule has 4 heteroatoms. The number of amides is 1. The highest BCUT2D eigenvalue weighted by Crippen LogP contribution is 2.08. The second kappa shape index (κ2) is 7.43. The number of Topliss-reactive ketones (excluding diaryl/α,β-unsaturated/α-hetero) is 1. The van der Waals surface area contributed by atoms with E-state index in [2.05, 4.69) is 19.2 Å². The number of carbonyl (C=O) groups excluding carboxylic acids is 2. The lowest BCUT2D eigenvalue weighted by Crippen LogP contribution is -2.43. The Kier molecular flexibility index (Phi) is 6.19. The van der Waals surface area contributed by atoms with Gasteiger partial charge in [0.1, 0.15) is 6.61 Å². The van der Waals surface area contributed by atoms with Gasteiger partial charge in [0, 0.05) is 13.0 Å². The number of nitrogens with one attached hydrogen (secondary N) is 1. The molecule has 0 aliphatic carbocycles. The third-order valence-electron chi connectivity index (χ3n) is 2.76. The van der Waals surface area contributed by atoms with Crippen LogP contribution in [-0.2, 0) is 14.3 Å². The number of hydrogen-bond donors (Lipinski definition) is 1. The van der Waals surface area contributed by atoms with Crippen LogP contribution in [0.15, 0.2) is 0 Å². The summed E-state index contributed by atoms with van der Waals surface area (Å²) >= 11 is 0. The normalized spacial score (nSPS) is 22.1. The van der Waals surface area contributed by atoms with Crippen LogP contribution < -0.4 is 5.32 Å². The first-order chi connectivity index (χ1) is 8.09. The van der Waals surface area contributed by atoms with Crippen LogP contribution in [0.2, 0.25) is 0 Å². The van der Waals surface area contributed by atoms with Crippen LogP contribution in [0.25, 0.3) is 0 Å². The standard InChI is InChI=1S/C13H22NO3/c1-10(2)6-7-13(16)14-11-5-3-4-8-17-9-12(11)15/h7,10-11H,3-6,8-9H2,1-2H3,(H,14,16)/t11-/m0/s1. The van der Waals surface area contributed by atoms with E-state index in [0.717, 1.165) is 25.7 Å². The third-order valence-corrected chi connectivity index (χ3v) is 2.76. The zero-order valence-corrected chi connectivity index (χ0v) is 10.7. The van der Waals surface area contributed by atoms with E-state index in [1.807, 2.05) is 0 Å². The molecule has 1 rings (SSSR count). The molecule has 4 nitrogen and oxygen atoms in total. The van der Waals surface area contributed by atoms with Crippen molar-refractivity contribution in [1.29, 1.82) is 0 Å². The molecule has 1 aliphatic rings. The molecule has 97 valence electrons. The van der Waals surface area contributed by atoms with Gasteiger partial charge in [0.2, 0.25) is 5.91 Å². The maximum absolute atomic E-state index is 11.7. The van der Waals surface area contributed by atoms with Crippen LogP contribution >= 0.6 is 0 Å². The van der Waals surface area contributed by atoms with Crippen LogP contribution in [0.5, 0.6) is 0 Å². The van der Waals surface area contributed by atoms with Gasteiger partial charge in [-0.25, -0.2) is 0 Å². The lowest BCUT2D eigenvalue weighted by atomic mass is 10.0. The lowest BCUT2D eigenvalue weighted by Gasteiger charge is -2.20. The van der Waals surface area contributed by atoms with Gasteiger partial charge >= 0.3 is 0 Å². The maximum Gasteiger partial charge on any atom is 0.224 e. The van der Waals surface area contributed by atoms with E-state index in [9.17, 15) is 9.59 Å². The van der Waals surface area contributed by atoms with Crippen molar-refractivity contribution < 1.29 is 14.3 Å². The van der Waals surface area contributed by atoms with Crippen molar-refractivity contribution in [1.82, 2.24) is 5.32 Å². The summed E-state index contributed by atoms with van der Waals surface area (Å²) in [5, 5.41) is 2.77. The predicted octanol–water partition coefficient (Wildman–Crippen LogP) is 1.49.